The Labute approximate surface area is 168 Å². The van der Waals surface area contributed by atoms with Crippen LogP contribution in [0.15, 0.2) is 24.3 Å². The fraction of sp³-hybridized carbons (Fsp3) is 0.444. The van der Waals surface area contributed by atoms with Gasteiger partial charge in [0.2, 0.25) is 10.0 Å². The maximum Gasteiger partial charge on any atom is 0.407 e. The maximum atomic E-state index is 11.7. The SMILES string of the molecule is CC(C)NC(=O)OC1COC(c2cc(Nc3ccc4c(c3)CS(=O)(=O)N4)n[nH]2)C1. The molecule has 3 heterocycles. The standard InChI is InChI=1S/C18H23N5O5S/c1-10(2)19-18(24)28-13-6-16(27-8-13)15-7-17(22-21-15)20-12-3-4-14-11(5-12)9-29(25,26)23-14/h3-5,7,10,13,16,23H,6,8-9H2,1-2H3,(H,19,24)(H2,20,21,22). The maximum absolute atomic E-state index is 11.7. The molecule has 29 heavy (non-hydrogen) atoms. The fourth-order valence-electron chi connectivity index (χ4n) is 3.33. The smallest absolute Gasteiger partial charge is 0.407 e. The van der Waals surface area contributed by atoms with Gasteiger partial charge in [0.25, 0.3) is 0 Å². The molecule has 0 bridgehead atoms. The Balaban J connectivity index is 1.36. The van der Waals surface area contributed by atoms with E-state index in [2.05, 4.69) is 25.6 Å². The van der Waals surface area contributed by atoms with Gasteiger partial charge in [0.15, 0.2) is 5.82 Å². The van der Waals surface area contributed by atoms with E-state index in [0.717, 1.165) is 11.4 Å². The molecule has 1 aromatic heterocycles. The lowest BCUT2D eigenvalue weighted by Crippen LogP contribution is -2.33. The highest BCUT2D eigenvalue weighted by molar-refractivity contribution is 7.92. The number of carbonyl (C=O) groups is 1. The van der Waals surface area contributed by atoms with Gasteiger partial charge in [-0.25, -0.2) is 13.2 Å². The number of nitrogens with zero attached hydrogens (tertiary/aromatic N) is 1. The predicted octanol–water partition coefficient (Wildman–Crippen LogP) is 2.37. The molecular formula is C18H23N5O5S. The quantitative estimate of drug-likeness (QED) is 0.582. The van der Waals surface area contributed by atoms with Crippen molar-refractivity contribution in [2.45, 2.75) is 44.3 Å². The average Bonchev–Trinajstić information content (AvgIpc) is 3.31. The van der Waals surface area contributed by atoms with Crippen molar-refractivity contribution >= 4 is 33.3 Å². The highest BCUT2D eigenvalue weighted by Crippen LogP contribution is 2.32. The number of aromatic nitrogens is 2. The summed E-state index contributed by atoms with van der Waals surface area (Å²) in [4.78, 5) is 11.7. The fourth-order valence-corrected chi connectivity index (χ4v) is 4.59. The summed E-state index contributed by atoms with van der Waals surface area (Å²) in [5, 5.41) is 13.0. The second-order valence-electron chi connectivity index (χ2n) is 7.45. The Bertz CT molecular complexity index is 1020. The van der Waals surface area contributed by atoms with Crippen molar-refractivity contribution in [3.05, 3.63) is 35.5 Å². The molecule has 0 spiro atoms. The Morgan fingerprint density at radius 1 is 1.34 bits per heavy atom. The highest BCUT2D eigenvalue weighted by Gasteiger charge is 2.31. The van der Waals surface area contributed by atoms with Crippen molar-refractivity contribution in [2.24, 2.45) is 0 Å². The van der Waals surface area contributed by atoms with Crippen molar-refractivity contribution in [3.8, 4) is 0 Å². The topological polar surface area (TPSA) is 134 Å². The van der Waals surface area contributed by atoms with E-state index in [1.807, 2.05) is 19.9 Å². The number of hydrogen-bond donors (Lipinski definition) is 4. The Morgan fingerprint density at radius 3 is 2.97 bits per heavy atom. The van der Waals surface area contributed by atoms with Crippen LogP contribution in [-0.2, 0) is 25.2 Å². The molecule has 10 nitrogen and oxygen atoms in total. The minimum Gasteiger partial charge on any atom is -0.444 e. The van der Waals surface area contributed by atoms with Gasteiger partial charge in [-0.05, 0) is 37.6 Å². The van der Waals surface area contributed by atoms with Crippen LogP contribution in [0, 0.1) is 0 Å². The number of rotatable bonds is 5. The molecular weight excluding hydrogens is 398 g/mol. The zero-order valence-electron chi connectivity index (χ0n) is 16.1. The first kappa shape index (κ1) is 19.5. The van der Waals surface area contributed by atoms with Gasteiger partial charge in [0.05, 0.1) is 23.7 Å². The normalized spacial score (nSPS) is 22.2. The number of aromatic amines is 1. The van der Waals surface area contributed by atoms with Crippen molar-refractivity contribution in [3.63, 3.8) is 0 Å². The molecule has 1 amide bonds. The number of benzene rings is 1. The molecule has 2 atom stereocenters. The van der Waals surface area contributed by atoms with Crippen molar-refractivity contribution in [1.29, 1.82) is 0 Å². The summed E-state index contributed by atoms with van der Waals surface area (Å²) < 4.78 is 36.9. The summed E-state index contributed by atoms with van der Waals surface area (Å²) in [7, 11) is -3.28. The van der Waals surface area contributed by atoms with Crippen LogP contribution in [0.3, 0.4) is 0 Å². The number of amides is 1. The van der Waals surface area contributed by atoms with Gasteiger partial charge in [-0.1, -0.05) is 0 Å². The van der Waals surface area contributed by atoms with Gasteiger partial charge < -0.3 is 20.1 Å². The number of anilines is 3. The van der Waals surface area contributed by atoms with Gasteiger partial charge in [-0.2, -0.15) is 5.10 Å². The second-order valence-corrected chi connectivity index (χ2v) is 9.17. The number of fused-ring (bicyclic) bond motifs is 1. The molecule has 0 saturated carbocycles. The van der Waals surface area contributed by atoms with Gasteiger partial charge in [0, 0.05) is 24.2 Å². The van der Waals surface area contributed by atoms with E-state index in [9.17, 15) is 13.2 Å². The number of hydrogen-bond acceptors (Lipinski definition) is 7. The molecule has 1 fully saturated rings. The second kappa shape index (κ2) is 7.56. The molecule has 2 unspecified atom stereocenters. The first-order chi connectivity index (χ1) is 13.8. The molecule has 1 saturated heterocycles. The van der Waals surface area contributed by atoms with Crippen LogP contribution in [0.1, 0.15) is 37.6 Å². The molecule has 0 radical (unpaired) electrons. The summed E-state index contributed by atoms with van der Waals surface area (Å²) in [5.41, 5.74) is 2.82. The van der Waals surface area contributed by atoms with Crippen LogP contribution in [0.2, 0.25) is 0 Å². The first-order valence-electron chi connectivity index (χ1n) is 9.32. The lowest BCUT2D eigenvalue weighted by molar-refractivity contribution is 0.0682. The van der Waals surface area contributed by atoms with Crippen LogP contribution >= 0.6 is 0 Å². The summed E-state index contributed by atoms with van der Waals surface area (Å²) in [6.45, 7) is 4.06. The van der Waals surface area contributed by atoms with Crippen LogP contribution in [0.25, 0.3) is 0 Å². The minimum atomic E-state index is -3.28. The van der Waals surface area contributed by atoms with Crippen LogP contribution in [-0.4, -0.2) is 43.5 Å². The summed E-state index contributed by atoms with van der Waals surface area (Å²) in [5.74, 6) is 0.546. The molecule has 2 aliphatic rings. The monoisotopic (exact) mass is 421 g/mol. The third-order valence-electron chi connectivity index (χ3n) is 4.57. The zero-order chi connectivity index (χ0) is 20.6. The number of alkyl carbamates (subject to hydrolysis) is 1. The van der Waals surface area contributed by atoms with Gasteiger partial charge in [-0.3, -0.25) is 9.82 Å². The number of sulfonamides is 1. The number of ether oxygens (including phenoxy) is 2. The third-order valence-corrected chi connectivity index (χ3v) is 5.80. The Hall–Kier alpha value is -2.79. The van der Waals surface area contributed by atoms with Gasteiger partial charge >= 0.3 is 6.09 Å². The lowest BCUT2D eigenvalue weighted by Gasteiger charge is -2.13. The van der Waals surface area contributed by atoms with Gasteiger partial charge in [-0.15, -0.1) is 0 Å². The van der Waals surface area contributed by atoms with Crippen molar-refractivity contribution < 1.29 is 22.7 Å². The van der Waals surface area contributed by atoms with E-state index in [-0.39, 0.29) is 24.0 Å². The Kier molecular flexibility index (Phi) is 5.09. The molecule has 4 rings (SSSR count). The number of H-pyrrole nitrogens is 1. The predicted molar refractivity (Wildman–Crippen MR) is 106 cm³/mol. The van der Waals surface area contributed by atoms with Crippen molar-refractivity contribution in [2.75, 3.05) is 16.6 Å². The largest absolute Gasteiger partial charge is 0.444 e. The van der Waals surface area contributed by atoms with E-state index >= 15 is 0 Å². The molecule has 4 N–H and O–H groups in total. The first-order valence-corrected chi connectivity index (χ1v) is 11.0. The highest BCUT2D eigenvalue weighted by atomic mass is 32.2. The summed E-state index contributed by atoms with van der Waals surface area (Å²) in [6.07, 6.45) is -0.474. The Morgan fingerprint density at radius 2 is 2.17 bits per heavy atom. The van der Waals surface area contributed by atoms with E-state index in [0.29, 0.717) is 30.1 Å². The van der Waals surface area contributed by atoms with E-state index in [1.54, 1.807) is 18.2 Å². The molecule has 0 aliphatic carbocycles. The van der Waals surface area contributed by atoms with Crippen LogP contribution in [0.4, 0.5) is 22.0 Å². The molecule has 156 valence electrons. The lowest BCUT2D eigenvalue weighted by atomic mass is 10.1. The molecule has 2 aliphatic heterocycles. The van der Waals surface area contributed by atoms with E-state index in [4.69, 9.17) is 9.47 Å². The zero-order valence-corrected chi connectivity index (χ0v) is 16.9. The van der Waals surface area contributed by atoms with Crippen molar-refractivity contribution in [1.82, 2.24) is 15.5 Å². The number of nitrogens with one attached hydrogen (secondary N) is 4. The molecule has 2 aromatic rings. The van der Waals surface area contributed by atoms with Crippen LogP contribution < -0.4 is 15.4 Å². The third kappa shape index (κ3) is 4.62. The number of carbonyl (C=O) groups excluding carboxylic acids is 1. The van der Waals surface area contributed by atoms with E-state index < -0.39 is 16.1 Å². The molecule has 1 aromatic carbocycles. The minimum absolute atomic E-state index is 0.0111. The summed E-state index contributed by atoms with van der Waals surface area (Å²) in [6, 6.07) is 7.12. The average molecular weight is 421 g/mol. The summed E-state index contributed by atoms with van der Waals surface area (Å²) >= 11 is 0. The van der Waals surface area contributed by atoms with Gasteiger partial charge in [0.1, 0.15) is 12.2 Å². The molecule has 11 heteroatoms. The van der Waals surface area contributed by atoms with Crippen LogP contribution in [0.5, 0.6) is 0 Å². The van der Waals surface area contributed by atoms with E-state index in [1.165, 1.54) is 0 Å².